The molecule has 7 atom stereocenters. The smallest absolute Gasteiger partial charge is 0.336 e. The Balaban J connectivity index is 2.43. The van der Waals surface area contributed by atoms with Crippen LogP contribution in [0, 0.1) is 23.7 Å². The molecule has 2 aliphatic carbocycles. The molecule has 10 nitrogen and oxygen atoms in total. The van der Waals surface area contributed by atoms with Gasteiger partial charge in [0.2, 0.25) is 0 Å². The minimum absolute atomic E-state index is 0.128. The third kappa shape index (κ3) is 6.38. The fourth-order valence-corrected chi connectivity index (χ4v) is 4.93. The molecule has 7 unspecified atom stereocenters. The number of carbonyl (C=O) groups is 3. The second-order valence-electron chi connectivity index (χ2n) is 9.88. The fourth-order valence-electron chi connectivity index (χ4n) is 4.93. The number of hydrogen-bond donors (Lipinski definition) is 5. The van der Waals surface area contributed by atoms with Crippen LogP contribution in [-0.4, -0.2) is 80.6 Å². The van der Waals surface area contributed by atoms with Gasteiger partial charge in [0.25, 0.3) is 0 Å². The molecule has 0 aromatic rings. The van der Waals surface area contributed by atoms with Crippen molar-refractivity contribution in [3.05, 3.63) is 35.5 Å². The average molecular weight is 497 g/mol. The Bertz CT molecular complexity index is 900. The summed E-state index contributed by atoms with van der Waals surface area (Å²) in [5, 5.41) is 49.5. The summed E-state index contributed by atoms with van der Waals surface area (Å²) in [6.45, 7) is 9.10. The molecule has 0 spiro atoms. The van der Waals surface area contributed by atoms with E-state index >= 15 is 0 Å². The lowest BCUT2D eigenvalue weighted by atomic mass is 9.57. The van der Waals surface area contributed by atoms with E-state index in [-0.39, 0.29) is 29.9 Å². The maximum Gasteiger partial charge on any atom is 0.336 e. The molecule has 0 heterocycles. The molecule has 10 heteroatoms. The van der Waals surface area contributed by atoms with Gasteiger partial charge in [-0.15, -0.1) is 0 Å². The SMILES string of the molecule is C=C(C(=O)O)C1C(OC(=O)/C(=C/CO)CO)CC(C)(O)C2CC(OC(=O)C(O)C(C)C)C(C)=CC12. The van der Waals surface area contributed by atoms with Crippen LogP contribution in [0.1, 0.15) is 40.5 Å². The molecule has 0 aromatic carbocycles. The van der Waals surface area contributed by atoms with Gasteiger partial charge in [0.1, 0.15) is 12.2 Å². The topological polar surface area (TPSA) is 171 Å². The van der Waals surface area contributed by atoms with Gasteiger partial charge in [-0.25, -0.2) is 14.4 Å². The van der Waals surface area contributed by atoms with Gasteiger partial charge in [-0.1, -0.05) is 26.5 Å². The molecule has 0 aliphatic heterocycles. The van der Waals surface area contributed by atoms with Gasteiger partial charge in [0.05, 0.1) is 24.4 Å². The van der Waals surface area contributed by atoms with Crippen LogP contribution in [0.15, 0.2) is 35.5 Å². The lowest BCUT2D eigenvalue weighted by Crippen LogP contribution is -2.56. The first kappa shape index (κ1) is 28.7. The van der Waals surface area contributed by atoms with Gasteiger partial charge in [-0.3, -0.25) is 0 Å². The molecule has 0 bridgehead atoms. The number of esters is 2. The molecule has 1 fully saturated rings. The van der Waals surface area contributed by atoms with Gasteiger partial charge in [0, 0.05) is 17.9 Å². The maximum absolute atomic E-state index is 12.6. The van der Waals surface area contributed by atoms with Gasteiger partial charge in [-0.2, -0.15) is 0 Å². The number of carbonyl (C=O) groups excluding carboxylic acids is 2. The Kier molecular flexibility index (Phi) is 9.41. The molecule has 2 aliphatic rings. The summed E-state index contributed by atoms with van der Waals surface area (Å²) in [7, 11) is 0. The monoisotopic (exact) mass is 496 g/mol. The van der Waals surface area contributed by atoms with Crippen LogP contribution in [0.3, 0.4) is 0 Å². The maximum atomic E-state index is 12.6. The van der Waals surface area contributed by atoms with Crippen LogP contribution in [-0.2, 0) is 23.9 Å². The van der Waals surface area contributed by atoms with E-state index in [9.17, 15) is 34.8 Å². The zero-order valence-electron chi connectivity index (χ0n) is 20.5. The summed E-state index contributed by atoms with van der Waals surface area (Å²) < 4.78 is 11.1. The fraction of sp³-hybridized carbons (Fsp3) is 0.640. The van der Waals surface area contributed by atoms with Crippen molar-refractivity contribution in [1.29, 1.82) is 0 Å². The summed E-state index contributed by atoms with van der Waals surface area (Å²) in [6.07, 6.45) is -0.274. The Morgan fingerprint density at radius 3 is 2.40 bits per heavy atom. The van der Waals surface area contributed by atoms with Gasteiger partial charge < -0.3 is 35.0 Å². The zero-order valence-corrected chi connectivity index (χ0v) is 20.5. The predicted molar refractivity (Wildman–Crippen MR) is 124 cm³/mol. The molecule has 196 valence electrons. The number of aliphatic hydroxyl groups is 4. The molecule has 2 rings (SSSR count). The molecule has 0 amide bonds. The number of aliphatic carboxylic acids is 1. The van der Waals surface area contributed by atoms with Crippen molar-refractivity contribution in [3.63, 3.8) is 0 Å². The third-order valence-electron chi connectivity index (χ3n) is 6.96. The van der Waals surface area contributed by atoms with Crippen LogP contribution >= 0.6 is 0 Å². The molecule has 1 saturated carbocycles. The number of fused-ring (bicyclic) bond motifs is 1. The van der Waals surface area contributed by atoms with Crippen molar-refractivity contribution in [2.24, 2.45) is 23.7 Å². The number of carboxylic acid groups (broad SMARTS) is 1. The zero-order chi connectivity index (χ0) is 26.7. The highest BCUT2D eigenvalue weighted by molar-refractivity contribution is 5.89. The molecule has 0 radical (unpaired) electrons. The molecular formula is C25H36O10. The molecule has 5 N–H and O–H groups in total. The lowest BCUT2D eigenvalue weighted by Gasteiger charge is -2.52. The van der Waals surface area contributed by atoms with E-state index in [0.29, 0.717) is 5.57 Å². The standard InChI is InChI=1S/C25H36O10/c1-12(2)21(28)24(32)34-18-9-17-16(8-13(18)3)20(14(4)22(29)30)19(10-25(17,5)33)35-23(31)15(11-27)6-7-26/h6,8,12,16-21,26-28,33H,4,7,9-11H2,1-3,5H3,(H,29,30)/b15-6+. The second kappa shape index (κ2) is 11.5. The van der Waals surface area contributed by atoms with Crippen molar-refractivity contribution < 1.29 is 49.4 Å². The van der Waals surface area contributed by atoms with Crippen molar-refractivity contribution in [3.8, 4) is 0 Å². The van der Waals surface area contributed by atoms with E-state index in [1.165, 1.54) is 6.92 Å². The first-order chi connectivity index (χ1) is 16.2. The van der Waals surface area contributed by atoms with Crippen LogP contribution < -0.4 is 0 Å². The highest BCUT2D eigenvalue weighted by Gasteiger charge is 2.55. The Morgan fingerprint density at radius 2 is 1.89 bits per heavy atom. The highest BCUT2D eigenvalue weighted by Crippen LogP contribution is 2.51. The third-order valence-corrected chi connectivity index (χ3v) is 6.96. The minimum atomic E-state index is -1.44. The first-order valence-corrected chi connectivity index (χ1v) is 11.6. The summed E-state index contributed by atoms with van der Waals surface area (Å²) in [5.41, 5.74) is -1.23. The summed E-state index contributed by atoms with van der Waals surface area (Å²) >= 11 is 0. The number of rotatable bonds is 9. The highest BCUT2D eigenvalue weighted by atomic mass is 16.6. The number of ether oxygens (including phenoxy) is 2. The van der Waals surface area contributed by atoms with E-state index in [4.69, 9.17) is 14.6 Å². The molecule has 35 heavy (non-hydrogen) atoms. The number of hydrogen-bond acceptors (Lipinski definition) is 9. The second-order valence-corrected chi connectivity index (χ2v) is 9.88. The predicted octanol–water partition coefficient (Wildman–Crippen LogP) is 0.732. The van der Waals surface area contributed by atoms with Crippen molar-refractivity contribution in [2.45, 2.75) is 64.4 Å². The van der Waals surface area contributed by atoms with E-state index in [1.807, 2.05) is 0 Å². The van der Waals surface area contributed by atoms with E-state index in [2.05, 4.69) is 6.58 Å². The Morgan fingerprint density at radius 1 is 1.26 bits per heavy atom. The van der Waals surface area contributed by atoms with Crippen LogP contribution in [0.5, 0.6) is 0 Å². The molecule has 0 saturated heterocycles. The van der Waals surface area contributed by atoms with Crippen LogP contribution in [0.4, 0.5) is 0 Å². The average Bonchev–Trinajstić information content (AvgIpc) is 2.76. The van der Waals surface area contributed by atoms with Crippen LogP contribution in [0.25, 0.3) is 0 Å². The van der Waals surface area contributed by atoms with Crippen LogP contribution in [0.2, 0.25) is 0 Å². The largest absolute Gasteiger partial charge is 0.478 e. The summed E-state index contributed by atoms with van der Waals surface area (Å²) in [6, 6.07) is 0. The number of aliphatic hydroxyl groups excluding tert-OH is 3. The number of carboxylic acids is 1. The van der Waals surface area contributed by atoms with Gasteiger partial charge in [0.15, 0.2) is 6.10 Å². The molecule has 0 aromatic heterocycles. The lowest BCUT2D eigenvalue weighted by molar-refractivity contribution is -0.175. The summed E-state index contributed by atoms with van der Waals surface area (Å²) in [5.74, 6) is -5.42. The number of allylic oxidation sites excluding steroid dienone is 1. The van der Waals surface area contributed by atoms with Crippen molar-refractivity contribution in [1.82, 2.24) is 0 Å². The van der Waals surface area contributed by atoms with E-state index in [1.54, 1.807) is 26.8 Å². The van der Waals surface area contributed by atoms with Gasteiger partial charge >= 0.3 is 17.9 Å². The summed E-state index contributed by atoms with van der Waals surface area (Å²) in [4.78, 5) is 36.8. The quantitative estimate of drug-likeness (QED) is 0.174. The van der Waals surface area contributed by atoms with E-state index < -0.39 is 72.8 Å². The minimum Gasteiger partial charge on any atom is -0.478 e. The van der Waals surface area contributed by atoms with Crippen molar-refractivity contribution >= 4 is 17.9 Å². The van der Waals surface area contributed by atoms with Gasteiger partial charge in [-0.05, 0) is 49.7 Å². The Hall–Kier alpha value is -2.53. The van der Waals surface area contributed by atoms with E-state index in [0.717, 1.165) is 6.08 Å². The van der Waals surface area contributed by atoms with Crippen molar-refractivity contribution in [2.75, 3.05) is 13.2 Å². The Labute approximate surface area is 204 Å². The first-order valence-electron chi connectivity index (χ1n) is 11.6. The normalized spacial score (nSPS) is 31.7. The molecular weight excluding hydrogens is 460 g/mol.